The second-order valence-electron chi connectivity index (χ2n) is 7.16. The van der Waals surface area contributed by atoms with E-state index in [-0.39, 0.29) is 6.04 Å². The third kappa shape index (κ3) is 2.68. The van der Waals surface area contributed by atoms with Gasteiger partial charge < -0.3 is 11.1 Å². The quantitative estimate of drug-likeness (QED) is 0.892. The van der Waals surface area contributed by atoms with Gasteiger partial charge in [0.25, 0.3) is 0 Å². The summed E-state index contributed by atoms with van der Waals surface area (Å²) in [5.41, 5.74) is 6.43. The van der Waals surface area contributed by atoms with Crippen molar-refractivity contribution < 1.29 is 13.2 Å². The van der Waals surface area contributed by atoms with E-state index in [2.05, 4.69) is 15.4 Å². The van der Waals surface area contributed by atoms with Crippen LogP contribution in [0.2, 0.25) is 0 Å². The molecule has 0 bridgehead atoms. The zero-order valence-corrected chi connectivity index (χ0v) is 14.0. The predicted octanol–water partition coefficient (Wildman–Crippen LogP) is 3.06. The summed E-state index contributed by atoms with van der Waals surface area (Å²) in [7, 11) is 0. The molecular formula is C17H20F3N5. The number of pyridine rings is 1. The maximum atomic E-state index is 13.1. The van der Waals surface area contributed by atoms with E-state index in [4.69, 9.17) is 5.73 Å². The van der Waals surface area contributed by atoms with Crippen molar-refractivity contribution >= 4 is 5.82 Å². The van der Waals surface area contributed by atoms with Crippen LogP contribution in [0.15, 0.2) is 18.3 Å². The number of alkyl halides is 3. The van der Waals surface area contributed by atoms with Gasteiger partial charge in [0.05, 0.1) is 11.3 Å². The Morgan fingerprint density at radius 3 is 2.52 bits per heavy atom. The van der Waals surface area contributed by atoms with Gasteiger partial charge in [-0.25, -0.2) is 4.98 Å². The number of rotatable bonds is 3. The van der Waals surface area contributed by atoms with Gasteiger partial charge in [-0.15, -0.1) is 0 Å². The Labute approximate surface area is 143 Å². The summed E-state index contributed by atoms with van der Waals surface area (Å²) in [6.07, 6.45) is -3.17. The smallest absolute Gasteiger partial charge is 0.383 e. The molecule has 4 rings (SSSR count). The molecule has 1 aliphatic carbocycles. The van der Waals surface area contributed by atoms with Crippen LogP contribution in [-0.2, 0) is 6.18 Å². The largest absolute Gasteiger partial charge is 0.419 e. The highest BCUT2D eigenvalue weighted by Gasteiger charge is 2.55. The van der Waals surface area contributed by atoms with Gasteiger partial charge in [0.2, 0.25) is 0 Å². The Bertz CT molecular complexity index is 801. The van der Waals surface area contributed by atoms with Gasteiger partial charge in [-0.3, -0.25) is 4.68 Å². The van der Waals surface area contributed by atoms with Crippen molar-refractivity contribution in [3.63, 3.8) is 0 Å². The second-order valence-corrected chi connectivity index (χ2v) is 7.16. The molecule has 3 heterocycles. The van der Waals surface area contributed by atoms with Crippen LogP contribution in [0.1, 0.15) is 37.1 Å². The zero-order valence-electron chi connectivity index (χ0n) is 14.0. The maximum absolute atomic E-state index is 13.1. The first-order valence-electron chi connectivity index (χ1n) is 8.40. The lowest BCUT2D eigenvalue weighted by atomic mass is 10.1. The second kappa shape index (κ2) is 5.45. The number of piperidine rings is 1. The Balaban J connectivity index is 1.74. The Hall–Kier alpha value is -2.09. The molecule has 0 aromatic carbocycles. The zero-order chi connectivity index (χ0) is 17.9. The lowest BCUT2D eigenvalue weighted by molar-refractivity contribution is -0.137. The Morgan fingerprint density at radius 1 is 1.24 bits per heavy atom. The van der Waals surface area contributed by atoms with Crippen LogP contribution < -0.4 is 11.1 Å². The minimum Gasteiger partial charge on any atom is -0.383 e. The third-order valence-electron chi connectivity index (χ3n) is 5.21. The molecular weight excluding hydrogens is 331 g/mol. The van der Waals surface area contributed by atoms with E-state index in [0.717, 1.165) is 24.8 Å². The number of nitrogen functional groups attached to an aromatic ring is 1. The number of fused-ring (bicyclic) bond motifs is 1. The molecule has 5 nitrogen and oxygen atoms in total. The average molecular weight is 351 g/mol. The first-order valence-corrected chi connectivity index (χ1v) is 8.40. The standard InChI is InChI=1S/C17H20F3N5/c1-8(2)25-14(15-10-6-22-7-11(10)15)4-13(24-25)9-3-12(17(18,19)20)16(21)23-5-9/h3-5,8,10-11,15,22H,6-7H2,1-2H3,(H2,21,23). The van der Waals surface area contributed by atoms with E-state index in [0.29, 0.717) is 29.0 Å². The van der Waals surface area contributed by atoms with Gasteiger partial charge in [-0.1, -0.05) is 0 Å². The van der Waals surface area contributed by atoms with Crippen molar-refractivity contribution in [3.05, 3.63) is 29.6 Å². The van der Waals surface area contributed by atoms with Crippen LogP contribution >= 0.6 is 0 Å². The van der Waals surface area contributed by atoms with Crippen LogP contribution in [0.5, 0.6) is 0 Å². The molecule has 2 aliphatic rings. The lowest BCUT2D eigenvalue weighted by Crippen LogP contribution is -2.16. The molecule has 1 aliphatic heterocycles. The fourth-order valence-corrected chi connectivity index (χ4v) is 3.91. The first kappa shape index (κ1) is 16.4. The van der Waals surface area contributed by atoms with Crippen molar-refractivity contribution in [3.8, 4) is 11.3 Å². The summed E-state index contributed by atoms with van der Waals surface area (Å²) in [6, 6.07) is 3.09. The minimum absolute atomic E-state index is 0.141. The highest BCUT2D eigenvalue weighted by atomic mass is 19.4. The number of hydrogen-bond donors (Lipinski definition) is 2. The molecule has 2 atom stereocenters. The topological polar surface area (TPSA) is 68.8 Å². The van der Waals surface area contributed by atoms with Crippen molar-refractivity contribution in [1.29, 1.82) is 0 Å². The van der Waals surface area contributed by atoms with Gasteiger partial charge in [-0.2, -0.15) is 18.3 Å². The summed E-state index contributed by atoms with van der Waals surface area (Å²) in [5, 5.41) is 7.93. The fraction of sp³-hybridized carbons (Fsp3) is 0.529. The average Bonchev–Trinajstić information content (AvgIpc) is 2.93. The summed E-state index contributed by atoms with van der Waals surface area (Å²) >= 11 is 0. The number of nitrogens with one attached hydrogen (secondary N) is 1. The molecule has 0 amide bonds. The monoisotopic (exact) mass is 351 g/mol. The van der Waals surface area contributed by atoms with Crippen molar-refractivity contribution in [2.45, 2.75) is 32.0 Å². The highest BCUT2D eigenvalue weighted by Crippen LogP contribution is 2.56. The van der Waals surface area contributed by atoms with E-state index >= 15 is 0 Å². The van der Waals surface area contributed by atoms with Gasteiger partial charge in [-0.05, 0) is 50.9 Å². The van der Waals surface area contributed by atoms with Gasteiger partial charge in [0.1, 0.15) is 5.82 Å². The molecule has 1 saturated carbocycles. The van der Waals surface area contributed by atoms with Gasteiger partial charge in [0, 0.05) is 29.4 Å². The number of anilines is 1. The molecule has 2 aromatic heterocycles. The predicted molar refractivity (Wildman–Crippen MR) is 87.8 cm³/mol. The number of halogens is 3. The molecule has 0 radical (unpaired) electrons. The molecule has 8 heteroatoms. The summed E-state index contributed by atoms with van der Waals surface area (Å²) in [5.74, 6) is 1.14. The lowest BCUT2D eigenvalue weighted by Gasteiger charge is -2.12. The van der Waals surface area contributed by atoms with Crippen molar-refractivity contribution in [1.82, 2.24) is 20.1 Å². The van der Waals surface area contributed by atoms with E-state index < -0.39 is 17.6 Å². The van der Waals surface area contributed by atoms with Crippen LogP contribution in [0.25, 0.3) is 11.3 Å². The van der Waals surface area contributed by atoms with E-state index in [9.17, 15) is 13.2 Å². The van der Waals surface area contributed by atoms with E-state index in [1.807, 2.05) is 24.6 Å². The number of aromatic nitrogens is 3. The van der Waals surface area contributed by atoms with Crippen LogP contribution in [0.4, 0.5) is 19.0 Å². The summed E-state index contributed by atoms with van der Waals surface area (Å²) in [4.78, 5) is 3.72. The maximum Gasteiger partial charge on any atom is 0.419 e. The normalized spacial score (nSPS) is 25.4. The molecule has 0 spiro atoms. The number of hydrogen-bond acceptors (Lipinski definition) is 4. The SMILES string of the molecule is CC(C)n1nc(-c2cnc(N)c(C(F)(F)F)c2)cc1C1C2CNCC21. The highest BCUT2D eigenvalue weighted by molar-refractivity contribution is 5.63. The molecule has 25 heavy (non-hydrogen) atoms. The minimum atomic E-state index is -4.53. The van der Waals surface area contributed by atoms with Crippen molar-refractivity contribution in [2.75, 3.05) is 18.8 Å². The number of nitrogens with zero attached hydrogens (tertiary/aromatic N) is 3. The van der Waals surface area contributed by atoms with Gasteiger partial charge >= 0.3 is 6.18 Å². The van der Waals surface area contributed by atoms with Crippen LogP contribution in [0.3, 0.4) is 0 Å². The summed E-state index contributed by atoms with van der Waals surface area (Å²) < 4.78 is 41.2. The molecule has 1 saturated heterocycles. The first-order chi connectivity index (χ1) is 11.8. The van der Waals surface area contributed by atoms with E-state index in [1.165, 1.54) is 6.20 Å². The van der Waals surface area contributed by atoms with Crippen molar-refractivity contribution in [2.24, 2.45) is 11.8 Å². The fourth-order valence-electron chi connectivity index (χ4n) is 3.91. The summed E-state index contributed by atoms with van der Waals surface area (Å²) in [6.45, 7) is 6.04. The molecule has 134 valence electrons. The van der Waals surface area contributed by atoms with Gasteiger partial charge in [0.15, 0.2) is 0 Å². The molecule has 2 fully saturated rings. The molecule has 2 aromatic rings. The van der Waals surface area contributed by atoms with E-state index in [1.54, 1.807) is 0 Å². The molecule has 3 N–H and O–H groups in total. The Morgan fingerprint density at radius 2 is 1.92 bits per heavy atom. The Kier molecular flexibility index (Phi) is 3.57. The van der Waals surface area contributed by atoms with Crippen LogP contribution in [0, 0.1) is 11.8 Å². The molecule has 2 unspecified atom stereocenters. The van der Waals surface area contributed by atoms with Crippen LogP contribution in [-0.4, -0.2) is 27.9 Å². The number of nitrogens with two attached hydrogens (primary N) is 1. The third-order valence-corrected chi connectivity index (χ3v) is 5.21.